The fourth-order valence-corrected chi connectivity index (χ4v) is 1.98. The van der Waals surface area contributed by atoms with E-state index < -0.39 is 9.84 Å². The molecule has 0 atom stereocenters. The number of hydrogen-bond donors (Lipinski definition) is 2. The molecule has 0 saturated heterocycles. The fourth-order valence-electron chi connectivity index (χ4n) is 1.10. The van der Waals surface area contributed by atoms with Crippen LogP contribution in [-0.4, -0.2) is 64.6 Å². The molecule has 0 unspecified atom stereocenters. The molecular formula is C10H23N3O3S. The molecule has 0 aromatic heterocycles. The lowest BCUT2D eigenvalue weighted by Gasteiger charge is -2.12. The Kier molecular flexibility index (Phi) is 7.90. The summed E-state index contributed by atoms with van der Waals surface area (Å²) in [5.74, 6) is 0.423. The molecule has 0 aromatic carbocycles. The molecule has 0 aliphatic carbocycles. The Bertz CT molecular complexity index is 315. The molecule has 2 N–H and O–H groups in total. The van der Waals surface area contributed by atoms with Gasteiger partial charge in [0.15, 0.2) is 0 Å². The number of nitrogens with one attached hydrogen (secondary N) is 2. The Balaban J connectivity index is 3.39. The smallest absolute Gasteiger partial charge is 0.316 e. The third-order valence-corrected chi connectivity index (χ3v) is 4.02. The SMILES string of the molecule is CCS(=O)(=O)CCCNCCNC(=O)N(C)C. The van der Waals surface area contributed by atoms with Crippen LogP contribution in [-0.2, 0) is 9.84 Å². The van der Waals surface area contributed by atoms with Gasteiger partial charge in [-0.05, 0) is 13.0 Å². The second-order valence-electron chi connectivity index (χ2n) is 3.97. The number of carbonyl (C=O) groups is 1. The minimum Gasteiger partial charge on any atom is -0.337 e. The zero-order valence-electron chi connectivity index (χ0n) is 10.8. The first kappa shape index (κ1) is 16.2. The zero-order chi connectivity index (χ0) is 13.3. The summed E-state index contributed by atoms with van der Waals surface area (Å²) >= 11 is 0. The first-order valence-electron chi connectivity index (χ1n) is 5.75. The summed E-state index contributed by atoms with van der Waals surface area (Å²) in [5, 5.41) is 5.79. The summed E-state index contributed by atoms with van der Waals surface area (Å²) in [6, 6.07) is -0.125. The van der Waals surface area contributed by atoms with Crippen molar-refractivity contribution in [2.24, 2.45) is 0 Å². The van der Waals surface area contributed by atoms with Gasteiger partial charge in [0, 0.05) is 32.9 Å². The predicted octanol–water partition coefficient (Wildman–Crippen LogP) is -0.328. The van der Waals surface area contributed by atoms with E-state index in [0.29, 0.717) is 26.1 Å². The largest absolute Gasteiger partial charge is 0.337 e. The molecule has 0 rings (SSSR count). The lowest BCUT2D eigenvalue weighted by Crippen LogP contribution is -2.38. The highest BCUT2D eigenvalue weighted by Gasteiger charge is 2.05. The van der Waals surface area contributed by atoms with E-state index in [2.05, 4.69) is 10.6 Å². The van der Waals surface area contributed by atoms with E-state index in [9.17, 15) is 13.2 Å². The molecular weight excluding hydrogens is 242 g/mol. The van der Waals surface area contributed by atoms with Gasteiger partial charge in [-0.15, -0.1) is 0 Å². The van der Waals surface area contributed by atoms with Gasteiger partial charge in [0.1, 0.15) is 9.84 Å². The van der Waals surface area contributed by atoms with Crippen LogP contribution >= 0.6 is 0 Å². The summed E-state index contributed by atoms with van der Waals surface area (Å²) in [7, 11) is 0.505. The maximum atomic E-state index is 11.2. The van der Waals surface area contributed by atoms with Gasteiger partial charge in [0.05, 0.1) is 5.75 Å². The average Bonchev–Trinajstić information content (AvgIpc) is 2.27. The quantitative estimate of drug-likeness (QED) is 0.589. The Morgan fingerprint density at radius 1 is 1.18 bits per heavy atom. The van der Waals surface area contributed by atoms with Gasteiger partial charge < -0.3 is 15.5 Å². The van der Waals surface area contributed by atoms with Crippen molar-refractivity contribution in [1.29, 1.82) is 0 Å². The molecule has 0 aliphatic rings. The van der Waals surface area contributed by atoms with Crippen molar-refractivity contribution in [2.75, 3.05) is 45.2 Å². The number of amides is 2. The van der Waals surface area contributed by atoms with Crippen molar-refractivity contribution in [3.8, 4) is 0 Å². The summed E-state index contributed by atoms with van der Waals surface area (Å²) in [6.07, 6.45) is 0.609. The summed E-state index contributed by atoms with van der Waals surface area (Å²) in [5.41, 5.74) is 0. The molecule has 0 aliphatic heterocycles. The van der Waals surface area contributed by atoms with Crippen molar-refractivity contribution in [1.82, 2.24) is 15.5 Å². The van der Waals surface area contributed by atoms with Gasteiger partial charge in [-0.3, -0.25) is 0 Å². The highest BCUT2D eigenvalue weighted by Crippen LogP contribution is 1.91. The van der Waals surface area contributed by atoms with Crippen LogP contribution in [0.5, 0.6) is 0 Å². The Morgan fingerprint density at radius 2 is 1.82 bits per heavy atom. The molecule has 0 bridgehead atoms. The standard InChI is InChI=1S/C10H23N3O3S/c1-4-17(15,16)9-5-6-11-7-8-12-10(14)13(2)3/h11H,4-9H2,1-3H3,(H,12,14). The first-order chi connectivity index (χ1) is 7.89. The molecule has 0 spiro atoms. The van der Waals surface area contributed by atoms with Gasteiger partial charge in [0.2, 0.25) is 0 Å². The maximum Gasteiger partial charge on any atom is 0.316 e. The highest BCUT2D eigenvalue weighted by atomic mass is 32.2. The number of nitrogens with zero attached hydrogens (tertiary/aromatic N) is 1. The predicted molar refractivity (Wildman–Crippen MR) is 68.9 cm³/mol. The highest BCUT2D eigenvalue weighted by molar-refractivity contribution is 7.91. The number of hydrogen-bond acceptors (Lipinski definition) is 4. The van der Waals surface area contributed by atoms with Crippen LogP contribution in [0, 0.1) is 0 Å². The average molecular weight is 265 g/mol. The lowest BCUT2D eigenvalue weighted by molar-refractivity contribution is 0.217. The van der Waals surface area contributed by atoms with Gasteiger partial charge in [-0.1, -0.05) is 6.92 Å². The molecule has 0 radical (unpaired) electrons. The molecule has 7 heteroatoms. The molecule has 0 fully saturated rings. The molecule has 0 saturated carbocycles. The van der Waals surface area contributed by atoms with E-state index in [1.807, 2.05) is 0 Å². The zero-order valence-corrected chi connectivity index (χ0v) is 11.6. The monoisotopic (exact) mass is 265 g/mol. The number of sulfone groups is 1. The lowest BCUT2D eigenvalue weighted by atomic mass is 10.4. The second-order valence-corrected chi connectivity index (χ2v) is 6.44. The second kappa shape index (κ2) is 8.30. The third kappa shape index (κ3) is 8.93. The van der Waals surface area contributed by atoms with Crippen LogP contribution in [0.15, 0.2) is 0 Å². The van der Waals surface area contributed by atoms with Crippen molar-refractivity contribution in [3.63, 3.8) is 0 Å². The Labute approximate surface area is 104 Å². The number of urea groups is 1. The van der Waals surface area contributed by atoms with E-state index in [-0.39, 0.29) is 17.5 Å². The van der Waals surface area contributed by atoms with Crippen LogP contribution in [0.3, 0.4) is 0 Å². The third-order valence-electron chi connectivity index (χ3n) is 2.23. The van der Waals surface area contributed by atoms with E-state index in [4.69, 9.17) is 0 Å². The minimum absolute atomic E-state index is 0.125. The van der Waals surface area contributed by atoms with E-state index >= 15 is 0 Å². The van der Waals surface area contributed by atoms with E-state index in [1.54, 1.807) is 21.0 Å². The maximum absolute atomic E-state index is 11.2. The van der Waals surface area contributed by atoms with E-state index in [1.165, 1.54) is 4.90 Å². The molecule has 6 nitrogen and oxygen atoms in total. The van der Waals surface area contributed by atoms with Gasteiger partial charge in [0.25, 0.3) is 0 Å². The normalized spacial score (nSPS) is 11.2. The van der Waals surface area contributed by atoms with Crippen molar-refractivity contribution in [2.45, 2.75) is 13.3 Å². The molecule has 102 valence electrons. The minimum atomic E-state index is -2.85. The molecule has 2 amide bonds. The topological polar surface area (TPSA) is 78.5 Å². The van der Waals surface area contributed by atoms with Gasteiger partial charge in [-0.2, -0.15) is 0 Å². The van der Waals surface area contributed by atoms with Crippen LogP contribution in [0.25, 0.3) is 0 Å². The van der Waals surface area contributed by atoms with Crippen molar-refractivity contribution in [3.05, 3.63) is 0 Å². The van der Waals surface area contributed by atoms with Gasteiger partial charge in [-0.25, -0.2) is 13.2 Å². The fraction of sp³-hybridized carbons (Fsp3) is 0.900. The van der Waals surface area contributed by atoms with Crippen molar-refractivity contribution >= 4 is 15.9 Å². The Hall–Kier alpha value is -0.820. The Morgan fingerprint density at radius 3 is 2.35 bits per heavy atom. The van der Waals surface area contributed by atoms with E-state index in [0.717, 1.165) is 0 Å². The van der Waals surface area contributed by atoms with Crippen LogP contribution in [0.1, 0.15) is 13.3 Å². The summed E-state index contributed by atoms with van der Waals surface area (Å²) in [4.78, 5) is 12.6. The summed E-state index contributed by atoms with van der Waals surface area (Å²) in [6.45, 7) is 3.49. The summed E-state index contributed by atoms with van der Waals surface area (Å²) < 4.78 is 22.3. The molecule has 0 aromatic rings. The van der Waals surface area contributed by atoms with Crippen LogP contribution in [0.4, 0.5) is 4.79 Å². The number of carbonyl (C=O) groups excluding carboxylic acids is 1. The van der Waals surface area contributed by atoms with Gasteiger partial charge >= 0.3 is 6.03 Å². The molecule has 17 heavy (non-hydrogen) atoms. The molecule has 0 heterocycles. The van der Waals surface area contributed by atoms with Crippen LogP contribution in [0.2, 0.25) is 0 Å². The number of rotatable bonds is 8. The first-order valence-corrected chi connectivity index (χ1v) is 7.57. The van der Waals surface area contributed by atoms with Crippen molar-refractivity contribution < 1.29 is 13.2 Å². The van der Waals surface area contributed by atoms with Crippen LogP contribution < -0.4 is 10.6 Å².